The molecule has 6 nitrogen and oxygen atoms in total. The molecule has 0 saturated carbocycles. The minimum Gasteiger partial charge on any atom is -0.369 e. The molecule has 27 heavy (non-hydrogen) atoms. The number of likely N-dealkylation sites (N-methyl/N-ethyl adjacent to an activating group) is 1. The number of benzene rings is 2. The summed E-state index contributed by atoms with van der Waals surface area (Å²) in [5.74, 6) is -1.45. The van der Waals surface area contributed by atoms with Crippen molar-refractivity contribution < 1.29 is 9.59 Å². The number of halogens is 1. The van der Waals surface area contributed by atoms with E-state index in [1.807, 2.05) is 24.3 Å². The van der Waals surface area contributed by atoms with E-state index in [4.69, 9.17) is 11.6 Å². The van der Waals surface area contributed by atoms with E-state index < -0.39 is 11.8 Å². The molecule has 0 spiro atoms. The first-order valence-electron chi connectivity index (χ1n) is 8.85. The van der Waals surface area contributed by atoms with Crippen LogP contribution in [0.25, 0.3) is 0 Å². The molecular weight excluding hydrogens is 364 g/mol. The molecule has 142 valence electrons. The van der Waals surface area contributed by atoms with Crippen LogP contribution in [0, 0.1) is 6.92 Å². The van der Waals surface area contributed by atoms with E-state index >= 15 is 0 Å². The molecule has 1 aliphatic heterocycles. The van der Waals surface area contributed by atoms with E-state index in [-0.39, 0.29) is 0 Å². The van der Waals surface area contributed by atoms with E-state index in [9.17, 15) is 9.59 Å². The molecule has 1 heterocycles. The van der Waals surface area contributed by atoms with Gasteiger partial charge in [0.05, 0.1) is 0 Å². The number of hydrogen-bond acceptors (Lipinski definition) is 4. The van der Waals surface area contributed by atoms with Gasteiger partial charge in [-0.25, -0.2) is 0 Å². The number of nitrogens with zero attached hydrogens (tertiary/aromatic N) is 2. The Morgan fingerprint density at radius 3 is 2.22 bits per heavy atom. The highest BCUT2D eigenvalue weighted by Gasteiger charge is 2.17. The highest BCUT2D eigenvalue weighted by atomic mass is 35.5. The van der Waals surface area contributed by atoms with Crippen LogP contribution >= 0.6 is 11.6 Å². The minimum atomic E-state index is -0.733. The molecule has 2 aromatic carbocycles. The van der Waals surface area contributed by atoms with Crippen LogP contribution in [0.1, 0.15) is 5.56 Å². The summed E-state index contributed by atoms with van der Waals surface area (Å²) >= 11 is 6.03. The highest BCUT2D eigenvalue weighted by molar-refractivity contribution is 6.44. The van der Waals surface area contributed by atoms with Crippen molar-refractivity contribution in [3.8, 4) is 0 Å². The Labute approximate surface area is 164 Å². The number of piperazine rings is 1. The summed E-state index contributed by atoms with van der Waals surface area (Å²) in [4.78, 5) is 28.9. The van der Waals surface area contributed by atoms with Crippen LogP contribution in [-0.4, -0.2) is 49.9 Å². The minimum absolute atomic E-state index is 0.521. The molecule has 0 atom stereocenters. The SMILES string of the molecule is Cc1c(Cl)cccc1NC(=O)C(=O)Nc1ccc(N2CCN(C)CC2)cc1. The van der Waals surface area contributed by atoms with Crippen LogP contribution in [-0.2, 0) is 9.59 Å². The summed E-state index contributed by atoms with van der Waals surface area (Å²) < 4.78 is 0. The van der Waals surface area contributed by atoms with Crippen molar-refractivity contribution in [1.29, 1.82) is 0 Å². The summed E-state index contributed by atoms with van der Waals surface area (Å²) in [6.07, 6.45) is 0. The van der Waals surface area contributed by atoms with Gasteiger partial charge in [0.25, 0.3) is 0 Å². The van der Waals surface area contributed by atoms with Crippen molar-refractivity contribution in [1.82, 2.24) is 4.90 Å². The molecule has 0 unspecified atom stereocenters. The fraction of sp³-hybridized carbons (Fsp3) is 0.300. The monoisotopic (exact) mass is 386 g/mol. The van der Waals surface area contributed by atoms with E-state index in [0.29, 0.717) is 16.4 Å². The zero-order chi connectivity index (χ0) is 19.4. The average Bonchev–Trinajstić information content (AvgIpc) is 2.66. The van der Waals surface area contributed by atoms with E-state index in [1.165, 1.54) is 0 Å². The van der Waals surface area contributed by atoms with E-state index in [0.717, 1.165) is 37.4 Å². The Morgan fingerprint density at radius 1 is 0.926 bits per heavy atom. The molecule has 2 amide bonds. The van der Waals surface area contributed by atoms with Crippen LogP contribution in [0.15, 0.2) is 42.5 Å². The maximum atomic E-state index is 12.2. The van der Waals surface area contributed by atoms with Gasteiger partial charge in [0.1, 0.15) is 0 Å². The first kappa shape index (κ1) is 19.2. The third-order valence-corrected chi connectivity index (χ3v) is 5.13. The molecule has 2 N–H and O–H groups in total. The van der Waals surface area contributed by atoms with Crippen LogP contribution in [0.3, 0.4) is 0 Å². The van der Waals surface area contributed by atoms with Crippen molar-refractivity contribution in [2.24, 2.45) is 0 Å². The zero-order valence-corrected chi connectivity index (χ0v) is 16.2. The van der Waals surface area contributed by atoms with Gasteiger partial charge in [-0.05, 0) is 55.9 Å². The second-order valence-corrected chi connectivity index (χ2v) is 7.07. The second-order valence-electron chi connectivity index (χ2n) is 6.66. The lowest BCUT2D eigenvalue weighted by Gasteiger charge is -2.34. The molecule has 1 aliphatic rings. The van der Waals surface area contributed by atoms with Crippen LogP contribution in [0.2, 0.25) is 5.02 Å². The summed E-state index contributed by atoms with van der Waals surface area (Å²) in [7, 11) is 2.12. The lowest BCUT2D eigenvalue weighted by Crippen LogP contribution is -2.44. The number of amides is 2. The standard InChI is InChI=1S/C20H23ClN4O2/c1-14-17(21)4-3-5-18(14)23-20(27)19(26)22-15-6-8-16(9-7-15)25-12-10-24(2)11-13-25/h3-9H,10-13H2,1-2H3,(H,22,26)(H,23,27). The first-order valence-corrected chi connectivity index (χ1v) is 9.23. The average molecular weight is 387 g/mol. The van der Waals surface area contributed by atoms with E-state index in [1.54, 1.807) is 25.1 Å². The van der Waals surface area contributed by atoms with Crippen molar-refractivity contribution >= 4 is 40.5 Å². The maximum Gasteiger partial charge on any atom is 0.314 e. The Kier molecular flexibility index (Phi) is 5.98. The maximum absolute atomic E-state index is 12.2. The summed E-state index contributed by atoms with van der Waals surface area (Å²) in [6, 6.07) is 12.7. The fourth-order valence-electron chi connectivity index (χ4n) is 2.93. The predicted octanol–water partition coefficient (Wildman–Crippen LogP) is 2.98. The summed E-state index contributed by atoms with van der Waals surface area (Å²) in [5.41, 5.74) is 2.93. The topological polar surface area (TPSA) is 64.7 Å². The van der Waals surface area contributed by atoms with Gasteiger partial charge in [0.2, 0.25) is 0 Å². The lowest BCUT2D eigenvalue weighted by atomic mass is 10.2. The van der Waals surface area contributed by atoms with Crippen molar-refractivity contribution in [2.75, 3.05) is 48.8 Å². The smallest absolute Gasteiger partial charge is 0.314 e. The number of hydrogen-bond donors (Lipinski definition) is 2. The van der Waals surface area contributed by atoms with Crippen molar-refractivity contribution in [3.63, 3.8) is 0 Å². The molecule has 2 aromatic rings. The molecule has 1 saturated heterocycles. The highest BCUT2D eigenvalue weighted by Crippen LogP contribution is 2.23. The Morgan fingerprint density at radius 2 is 1.56 bits per heavy atom. The quantitative estimate of drug-likeness (QED) is 0.796. The van der Waals surface area contributed by atoms with Crippen LogP contribution in [0.5, 0.6) is 0 Å². The summed E-state index contributed by atoms with van der Waals surface area (Å²) in [5, 5.41) is 5.75. The zero-order valence-electron chi connectivity index (χ0n) is 15.5. The van der Waals surface area contributed by atoms with Gasteiger partial charge in [-0.3, -0.25) is 9.59 Å². The Balaban J connectivity index is 1.58. The molecule has 0 aromatic heterocycles. The number of rotatable bonds is 3. The second kappa shape index (κ2) is 8.41. The summed E-state index contributed by atoms with van der Waals surface area (Å²) in [6.45, 7) is 5.79. The van der Waals surface area contributed by atoms with Gasteiger partial charge in [-0.15, -0.1) is 0 Å². The Bertz CT molecular complexity index is 830. The van der Waals surface area contributed by atoms with Crippen LogP contribution < -0.4 is 15.5 Å². The number of carbonyl (C=O) groups is 2. The fourth-order valence-corrected chi connectivity index (χ4v) is 3.10. The molecule has 7 heteroatoms. The number of anilines is 3. The number of nitrogens with one attached hydrogen (secondary N) is 2. The molecule has 0 aliphatic carbocycles. The van der Waals surface area contributed by atoms with E-state index in [2.05, 4.69) is 27.5 Å². The normalized spacial score (nSPS) is 14.7. The molecule has 1 fully saturated rings. The third-order valence-electron chi connectivity index (χ3n) is 4.72. The molecule has 3 rings (SSSR count). The van der Waals surface area contributed by atoms with Gasteiger partial charge in [-0.2, -0.15) is 0 Å². The molecular formula is C20H23ClN4O2. The van der Waals surface area contributed by atoms with Gasteiger partial charge in [-0.1, -0.05) is 17.7 Å². The van der Waals surface area contributed by atoms with Gasteiger partial charge >= 0.3 is 11.8 Å². The number of carbonyl (C=O) groups excluding carboxylic acids is 2. The van der Waals surface area contributed by atoms with Crippen LogP contribution in [0.4, 0.5) is 17.1 Å². The molecule has 0 radical (unpaired) electrons. The van der Waals surface area contributed by atoms with Crippen molar-refractivity contribution in [2.45, 2.75) is 6.92 Å². The van der Waals surface area contributed by atoms with Gasteiger partial charge < -0.3 is 20.4 Å². The Hall–Kier alpha value is -2.57. The largest absolute Gasteiger partial charge is 0.369 e. The van der Waals surface area contributed by atoms with Gasteiger partial charge in [0.15, 0.2) is 0 Å². The molecule has 0 bridgehead atoms. The van der Waals surface area contributed by atoms with Crippen molar-refractivity contribution in [3.05, 3.63) is 53.1 Å². The van der Waals surface area contributed by atoms with Gasteiger partial charge in [0, 0.05) is 48.3 Å². The first-order chi connectivity index (χ1) is 12.9. The lowest BCUT2D eigenvalue weighted by molar-refractivity contribution is -0.133. The third kappa shape index (κ3) is 4.78. The predicted molar refractivity (Wildman–Crippen MR) is 110 cm³/mol.